The van der Waals surface area contributed by atoms with E-state index in [2.05, 4.69) is 54.7 Å². The monoisotopic (exact) mass is 394 g/mol. The average Bonchev–Trinajstić information content (AvgIpc) is 2.75. The molecule has 3 aromatic carbocycles. The van der Waals surface area contributed by atoms with Gasteiger partial charge in [0.2, 0.25) is 0 Å². The Morgan fingerprint density at radius 2 is 1.54 bits per heavy atom. The number of rotatable bonds is 4. The van der Waals surface area contributed by atoms with Crippen LogP contribution in [0.5, 0.6) is 0 Å². The van der Waals surface area contributed by atoms with Crippen LogP contribution in [0.3, 0.4) is 0 Å². The average molecular weight is 395 g/mol. The van der Waals surface area contributed by atoms with Crippen LogP contribution in [0, 0.1) is 0 Å². The molecule has 148 valence electrons. The smallest absolute Gasteiger partial charge is 0.122 e. The van der Waals surface area contributed by atoms with Gasteiger partial charge >= 0.3 is 0 Å². The first kappa shape index (κ1) is 20.7. The Labute approximate surface area is 170 Å². The topological polar surface area (TPSA) is 55.1 Å². The fraction of sp³-hybridized carbons (Fsp3) is 0.333. The van der Waals surface area contributed by atoms with Gasteiger partial charge in [-0.25, -0.2) is 9.35 Å². The Balaban J connectivity index is 0.000000211. The highest BCUT2D eigenvalue weighted by Gasteiger charge is 2.17. The van der Waals surface area contributed by atoms with Gasteiger partial charge in [0.25, 0.3) is 0 Å². The first-order valence-electron chi connectivity index (χ1n) is 10.1. The van der Waals surface area contributed by atoms with Crippen molar-refractivity contribution >= 4 is 21.8 Å². The summed E-state index contributed by atoms with van der Waals surface area (Å²) in [5.41, 5.74) is 1.43. The molecule has 3 N–H and O–H groups in total. The molecule has 1 fully saturated rings. The van der Waals surface area contributed by atoms with Gasteiger partial charge < -0.3 is 5.32 Å². The molecule has 4 rings (SSSR count). The Kier molecular flexibility index (Phi) is 7.78. The molecular weight excluding hydrogens is 364 g/mol. The van der Waals surface area contributed by atoms with Crippen molar-refractivity contribution in [2.45, 2.75) is 56.0 Å². The van der Waals surface area contributed by atoms with Crippen LogP contribution in [-0.4, -0.2) is 10.3 Å². The first-order valence-corrected chi connectivity index (χ1v) is 11.3. The van der Waals surface area contributed by atoms with Crippen LogP contribution in [0.15, 0.2) is 77.7 Å². The van der Waals surface area contributed by atoms with Gasteiger partial charge in [-0.05, 0) is 48.2 Å². The van der Waals surface area contributed by atoms with Gasteiger partial charge in [-0.1, -0.05) is 79.9 Å². The molecule has 0 radical (unpaired) electrons. The van der Waals surface area contributed by atoms with Crippen molar-refractivity contribution in [3.05, 3.63) is 78.4 Å². The van der Waals surface area contributed by atoms with E-state index in [0.29, 0.717) is 17.0 Å². The predicted octanol–water partition coefficient (Wildman–Crippen LogP) is 5.49. The summed E-state index contributed by atoms with van der Waals surface area (Å²) in [7, 11) is -1.33. The Morgan fingerprint density at radius 1 is 0.893 bits per heavy atom. The van der Waals surface area contributed by atoms with Crippen molar-refractivity contribution in [3.63, 3.8) is 0 Å². The molecule has 1 saturated carbocycles. The van der Waals surface area contributed by atoms with Crippen LogP contribution in [-0.2, 0) is 11.0 Å². The molecule has 28 heavy (non-hydrogen) atoms. The van der Waals surface area contributed by atoms with E-state index in [4.69, 9.17) is 5.14 Å². The summed E-state index contributed by atoms with van der Waals surface area (Å²) < 4.78 is 10.5. The Bertz CT molecular complexity index is 886. The van der Waals surface area contributed by atoms with Crippen molar-refractivity contribution < 1.29 is 4.21 Å². The zero-order valence-corrected chi connectivity index (χ0v) is 17.3. The number of hydrogen-bond acceptors (Lipinski definition) is 2. The highest BCUT2D eigenvalue weighted by atomic mass is 32.2. The molecule has 4 heteroatoms. The molecule has 2 atom stereocenters. The molecule has 3 aromatic rings. The molecule has 0 aromatic heterocycles. The van der Waals surface area contributed by atoms with Crippen LogP contribution in [0.4, 0.5) is 0 Å². The molecule has 0 bridgehead atoms. The van der Waals surface area contributed by atoms with E-state index in [9.17, 15) is 4.21 Å². The lowest BCUT2D eigenvalue weighted by molar-refractivity contribution is 0.347. The van der Waals surface area contributed by atoms with Crippen molar-refractivity contribution in [3.8, 4) is 0 Å². The van der Waals surface area contributed by atoms with Gasteiger partial charge in [-0.2, -0.15) is 0 Å². The summed E-state index contributed by atoms with van der Waals surface area (Å²) in [4.78, 5) is 0.664. The standard InChI is InChI=1S/C18H23N.C6H7NOS/c1-14(19-16-10-3-2-4-11-16)17-13-7-9-15-8-5-6-12-18(15)17;7-9(8)6-4-2-1-3-5-6/h5-9,12-14,16,19H,2-4,10-11H2,1H3;1-5H,7H2. The minimum Gasteiger partial charge on any atom is -0.307 e. The summed E-state index contributed by atoms with van der Waals surface area (Å²) >= 11 is 0. The van der Waals surface area contributed by atoms with Gasteiger partial charge in [0.05, 0.1) is 4.90 Å². The second-order valence-corrected chi connectivity index (χ2v) is 8.47. The van der Waals surface area contributed by atoms with Gasteiger partial charge in [0.1, 0.15) is 11.0 Å². The maximum absolute atomic E-state index is 10.5. The van der Waals surface area contributed by atoms with Gasteiger partial charge in [-0.15, -0.1) is 0 Å². The predicted molar refractivity (Wildman–Crippen MR) is 119 cm³/mol. The van der Waals surface area contributed by atoms with Crippen LogP contribution in [0.2, 0.25) is 0 Å². The molecular formula is C24H30N2OS. The summed E-state index contributed by atoms with van der Waals surface area (Å²) in [6, 6.07) is 25.4. The van der Waals surface area contributed by atoms with E-state index in [1.54, 1.807) is 24.3 Å². The van der Waals surface area contributed by atoms with Gasteiger partial charge in [-0.3, -0.25) is 0 Å². The zero-order chi connectivity index (χ0) is 19.8. The third-order valence-electron chi connectivity index (χ3n) is 5.36. The lowest BCUT2D eigenvalue weighted by Crippen LogP contribution is -2.33. The molecule has 0 amide bonds. The number of nitrogens with one attached hydrogen (secondary N) is 1. The minimum absolute atomic E-state index is 0.439. The molecule has 0 spiro atoms. The van der Waals surface area contributed by atoms with Crippen LogP contribution >= 0.6 is 0 Å². The molecule has 0 aliphatic heterocycles. The molecule has 1 aliphatic carbocycles. The van der Waals surface area contributed by atoms with Crippen LogP contribution in [0.1, 0.15) is 50.6 Å². The lowest BCUT2D eigenvalue weighted by atomic mass is 9.93. The van der Waals surface area contributed by atoms with E-state index in [0.717, 1.165) is 0 Å². The fourth-order valence-corrected chi connectivity index (χ4v) is 4.32. The van der Waals surface area contributed by atoms with Gasteiger partial charge in [0, 0.05) is 12.1 Å². The summed E-state index contributed by atoms with van der Waals surface area (Å²) in [5.74, 6) is 0. The highest BCUT2D eigenvalue weighted by Crippen LogP contribution is 2.26. The SMILES string of the molecule is CC(NC1CCCCC1)c1cccc2ccccc12.NS(=O)c1ccccc1. The van der Waals surface area contributed by atoms with E-state index in [1.807, 2.05) is 6.07 Å². The first-order chi connectivity index (χ1) is 13.6. The number of nitrogens with two attached hydrogens (primary N) is 1. The van der Waals surface area contributed by atoms with Crippen molar-refractivity contribution in [1.82, 2.24) is 5.32 Å². The van der Waals surface area contributed by atoms with Crippen LogP contribution < -0.4 is 10.5 Å². The quantitative estimate of drug-likeness (QED) is 0.615. The lowest BCUT2D eigenvalue weighted by Gasteiger charge is -2.27. The second-order valence-electron chi connectivity index (χ2n) is 7.40. The number of benzene rings is 3. The van der Waals surface area contributed by atoms with Crippen molar-refractivity contribution in [2.75, 3.05) is 0 Å². The fourth-order valence-electron chi connectivity index (χ4n) is 3.90. The number of fused-ring (bicyclic) bond motifs is 1. The van der Waals surface area contributed by atoms with Gasteiger partial charge in [0.15, 0.2) is 0 Å². The maximum atomic E-state index is 10.5. The largest absolute Gasteiger partial charge is 0.307 e. The Hall–Kier alpha value is -2.01. The summed E-state index contributed by atoms with van der Waals surface area (Å²) in [6.07, 6.45) is 6.88. The van der Waals surface area contributed by atoms with E-state index in [1.165, 1.54) is 48.4 Å². The van der Waals surface area contributed by atoms with E-state index >= 15 is 0 Å². The highest BCUT2D eigenvalue weighted by molar-refractivity contribution is 7.82. The van der Waals surface area contributed by atoms with Crippen LogP contribution in [0.25, 0.3) is 10.8 Å². The summed E-state index contributed by atoms with van der Waals surface area (Å²) in [5, 5.41) is 11.6. The maximum Gasteiger partial charge on any atom is 0.122 e. The molecule has 1 aliphatic rings. The number of hydrogen-bond donors (Lipinski definition) is 2. The molecule has 0 saturated heterocycles. The normalized spacial score (nSPS) is 16.8. The van der Waals surface area contributed by atoms with E-state index < -0.39 is 11.0 Å². The third kappa shape index (κ3) is 5.74. The minimum atomic E-state index is -1.33. The molecule has 0 heterocycles. The summed E-state index contributed by atoms with van der Waals surface area (Å²) in [6.45, 7) is 2.30. The second kappa shape index (κ2) is 10.5. The Morgan fingerprint density at radius 3 is 2.21 bits per heavy atom. The van der Waals surface area contributed by atoms with Crippen molar-refractivity contribution in [1.29, 1.82) is 0 Å². The third-order valence-corrected chi connectivity index (χ3v) is 6.09. The zero-order valence-electron chi connectivity index (χ0n) is 16.5. The molecule has 2 unspecified atom stereocenters. The molecule has 3 nitrogen and oxygen atoms in total. The van der Waals surface area contributed by atoms with E-state index in [-0.39, 0.29) is 0 Å². The van der Waals surface area contributed by atoms with Crippen molar-refractivity contribution in [2.24, 2.45) is 5.14 Å².